The molecule has 1 N–H and O–H groups in total. The molecule has 3 rings (SSSR count). The Balaban J connectivity index is 1.75. The second-order valence-corrected chi connectivity index (χ2v) is 6.31. The maximum Gasteiger partial charge on any atom is 0.335 e. The number of rotatable bonds is 7. The van der Waals surface area contributed by atoms with Crippen LogP contribution < -0.4 is 4.74 Å². The first kappa shape index (κ1) is 19.8. The number of hydrogen-bond acceptors (Lipinski definition) is 5. The molecule has 29 heavy (non-hydrogen) atoms. The van der Waals surface area contributed by atoms with Gasteiger partial charge in [-0.2, -0.15) is 0 Å². The highest BCUT2D eigenvalue weighted by molar-refractivity contribution is 5.87. The summed E-state index contributed by atoms with van der Waals surface area (Å²) in [5.74, 6) is -0.379. The van der Waals surface area contributed by atoms with Gasteiger partial charge in [0.1, 0.15) is 12.4 Å². The number of carbonyl (C=O) groups is 1. The number of nitro groups is 1. The fraction of sp³-hybridized carbons (Fsp3) is 0.0909. The number of benzene rings is 3. The molecule has 0 saturated heterocycles. The van der Waals surface area contributed by atoms with Crippen molar-refractivity contribution in [2.45, 2.75) is 13.5 Å². The van der Waals surface area contributed by atoms with Crippen LogP contribution in [0.3, 0.4) is 0 Å². The third kappa shape index (κ3) is 5.04. The number of para-hydroxylation sites is 1. The average Bonchev–Trinajstić information content (AvgIpc) is 2.72. The topological polar surface area (TPSA) is 102 Å². The number of hydrogen-bond donors (Lipinski definition) is 1. The summed E-state index contributed by atoms with van der Waals surface area (Å²) in [6, 6.07) is 18.6. The van der Waals surface area contributed by atoms with Crippen LogP contribution in [0.2, 0.25) is 0 Å². The first-order valence-corrected chi connectivity index (χ1v) is 8.77. The summed E-state index contributed by atoms with van der Waals surface area (Å²) in [4.78, 5) is 25.9. The molecule has 0 aromatic heterocycles. The third-order valence-corrected chi connectivity index (χ3v) is 4.26. The lowest BCUT2D eigenvalue weighted by Crippen LogP contribution is -2.00. The monoisotopic (exact) mass is 390 g/mol. The van der Waals surface area contributed by atoms with Gasteiger partial charge in [0.15, 0.2) is 0 Å². The van der Waals surface area contributed by atoms with Crippen LogP contribution >= 0.6 is 0 Å². The second-order valence-electron chi connectivity index (χ2n) is 6.31. The minimum absolute atomic E-state index is 0.0222. The van der Waals surface area contributed by atoms with Gasteiger partial charge in [-0.3, -0.25) is 15.1 Å². The van der Waals surface area contributed by atoms with Gasteiger partial charge in [-0.1, -0.05) is 30.3 Å². The first-order chi connectivity index (χ1) is 13.9. The summed E-state index contributed by atoms with van der Waals surface area (Å²) >= 11 is 0. The van der Waals surface area contributed by atoms with E-state index in [1.54, 1.807) is 43.5 Å². The van der Waals surface area contributed by atoms with Gasteiger partial charge in [0, 0.05) is 23.4 Å². The number of aromatic carboxylic acids is 1. The minimum Gasteiger partial charge on any atom is -0.488 e. The van der Waals surface area contributed by atoms with E-state index in [2.05, 4.69) is 4.99 Å². The lowest BCUT2D eigenvalue weighted by atomic mass is 10.1. The van der Waals surface area contributed by atoms with Crippen LogP contribution in [-0.4, -0.2) is 22.2 Å². The van der Waals surface area contributed by atoms with Crippen molar-refractivity contribution in [1.82, 2.24) is 0 Å². The minimum atomic E-state index is -0.977. The van der Waals surface area contributed by atoms with Crippen LogP contribution in [0.5, 0.6) is 5.75 Å². The van der Waals surface area contributed by atoms with E-state index >= 15 is 0 Å². The zero-order valence-corrected chi connectivity index (χ0v) is 15.6. The Kier molecular flexibility index (Phi) is 5.99. The molecule has 0 heterocycles. The van der Waals surface area contributed by atoms with Crippen molar-refractivity contribution in [2.24, 2.45) is 4.99 Å². The largest absolute Gasteiger partial charge is 0.488 e. The molecule has 7 nitrogen and oxygen atoms in total. The van der Waals surface area contributed by atoms with Crippen molar-refractivity contribution >= 4 is 23.6 Å². The number of nitrogens with zero attached hydrogens (tertiary/aromatic N) is 2. The molecule has 0 aliphatic rings. The normalized spacial score (nSPS) is 10.8. The Morgan fingerprint density at radius 1 is 1.14 bits per heavy atom. The quantitative estimate of drug-likeness (QED) is 0.350. The molecule has 0 spiro atoms. The Hall–Kier alpha value is -4.00. The van der Waals surface area contributed by atoms with E-state index in [0.717, 1.165) is 11.1 Å². The standard InChI is InChI=1S/C22H18N2O5/c1-15-6-11-19(12-20(15)24(27)28)23-13-18-4-2-3-5-21(18)29-14-16-7-9-17(10-8-16)22(25)26/h2-13H,14H2,1H3,(H,25,26). The average molecular weight is 390 g/mol. The number of aryl methyl sites for hydroxylation is 1. The van der Waals surface area contributed by atoms with Gasteiger partial charge in [-0.15, -0.1) is 0 Å². The predicted molar refractivity (Wildman–Crippen MR) is 109 cm³/mol. The van der Waals surface area contributed by atoms with Crippen LogP contribution in [0.4, 0.5) is 11.4 Å². The summed E-state index contributed by atoms with van der Waals surface area (Å²) in [6.07, 6.45) is 1.59. The van der Waals surface area contributed by atoms with Crippen LogP contribution in [0.15, 0.2) is 71.7 Å². The highest BCUT2D eigenvalue weighted by atomic mass is 16.6. The van der Waals surface area contributed by atoms with E-state index in [0.29, 0.717) is 17.0 Å². The van der Waals surface area contributed by atoms with E-state index in [4.69, 9.17) is 9.84 Å². The van der Waals surface area contributed by atoms with Crippen molar-refractivity contribution in [3.8, 4) is 5.75 Å². The summed E-state index contributed by atoms with van der Waals surface area (Å²) in [7, 11) is 0. The Morgan fingerprint density at radius 3 is 2.55 bits per heavy atom. The summed E-state index contributed by atoms with van der Waals surface area (Å²) in [6.45, 7) is 1.94. The van der Waals surface area contributed by atoms with Crippen LogP contribution in [0.25, 0.3) is 0 Å². The first-order valence-electron chi connectivity index (χ1n) is 8.77. The molecule has 146 valence electrons. The molecular weight excluding hydrogens is 372 g/mol. The van der Waals surface area contributed by atoms with Gasteiger partial charge in [-0.05, 0) is 42.8 Å². The molecule has 3 aromatic rings. The molecule has 0 aliphatic carbocycles. The van der Waals surface area contributed by atoms with Gasteiger partial charge in [0.25, 0.3) is 5.69 Å². The Labute approximate surface area is 167 Å². The van der Waals surface area contributed by atoms with Crippen molar-refractivity contribution in [3.63, 3.8) is 0 Å². The predicted octanol–water partition coefficient (Wildman–Crippen LogP) is 4.93. The number of carboxylic acid groups (broad SMARTS) is 1. The van der Waals surface area contributed by atoms with Gasteiger partial charge in [-0.25, -0.2) is 4.79 Å². The summed E-state index contributed by atoms with van der Waals surface area (Å²) in [5.41, 5.74) is 2.84. The van der Waals surface area contributed by atoms with Gasteiger partial charge < -0.3 is 9.84 Å². The zero-order chi connectivity index (χ0) is 20.8. The fourth-order valence-corrected chi connectivity index (χ4v) is 2.64. The van der Waals surface area contributed by atoms with Crippen molar-refractivity contribution < 1.29 is 19.6 Å². The maximum absolute atomic E-state index is 11.1. The Bertz CT molecular complexity index is 1070. The van der Waals surface area contributed by atoms with Gasteiger partial charge in [0.2, 0.25) is 0 Å². The molecular formula is C22H18N2O5. The van der Waals surface area contributed by atoms with Crippen molar-refractivity contribution in [3.05, 3.63) is 99.1 Å². The number of carboxylic acids is 1. The van der Waals surface area contributed by atoms with E-state index in [1.165, 1.54) is 18.2 Å². The van der Waals surface area contributed by atoms with Crippen molar-refractivity contribution in [1.29, 1.82) is 0 Å². The van der Waals surface area contributed by atoms with Crippen LogP contribution in [0.1, 0.15) is 27.0 Å². The van der Waals surface area contributed by atoms with E-state index in [9.17, 15) is 14.9 Å². The zero-order valence-electron chi connectivity index (χ0n) is 15.6. The Morgan fingerprint density at radius 2 is 1.86 bits per heavy atom. The second kappa shape index (κ2) is 8.79. The summed E-state index contributed by atoms with van der Waals surface area (Å²) in [5, 5.41) is 20.0. The highest BCUT2D eigenvalue weighted by Gasteiger charge is 2.10. The number of aliphatic imine (C=N–C) groups is 1. The molecule has 0 fully saturated rings. The van der Waals surface area contributed by atoms with E-state index in [-0.39, 0.29) is 17.9 Å². The summed E-state index contributed by atoms with van der Waals surface area (Å²) < 4.78 is 5.85. The molecule has 3 aromatic carbocycles. The van der Waals surface area contributed by atoms with Gasteiger partial charge in [0.05, 0.1) is 16.2 Å². The van der Waals surface area contributed by atoms with E-state index in [1.807, 2.05) is 18.2 Å². The SMILES string of the molecule is Cc1ccc(N=Cc2ccccc2OCc2ccc(C(=O)O)cc2)cc1[N+](=O)[O-]. The highest BCUT2D eigenvalue weighted by Crippen LogP contribution is 2.25. The fourth-order valence-electron chi connectivity index (χ4n) is 2.64. The molecule has 0 saturated carbocycles. The van der Waals surface area contributed by atoms with Crippen molar-refractivity contribution in [2.75, 3.05) is 0 Å². The van der Waals surface area contributed by atoms with Gasteiger partial charge >= 0.3 is 5.97 Å². The molecule has 0 aliphatic heterocycles. The molecule has 0 radical (unpaired) electrons. The molecule has 0 amide bonds. The molecule has 7 heteroatoms. The third-order valence-electron chi connectivity index (χ3n) is 4.26. The van der Waals surface area contributed by atoms with Crippen LogP contribution in [0, 0.1) is 17.0 Å². The molecule has 0 bridgehead atoms. The smallest absolute Gasteiger partial charge is 0.335 e. The maximum atomic E-state index is 11.1. The van der Waals surface area contributed by atoms with E-state index < -0.39 is 10.9 Å². The molecule has 0 unspecified atom stereocenters. The number of ether oxygens (including phenoxy) is 1. The number of nitro benzene ring substituents is 1. The molecule has 0 atom stereocenters. The lowest BCUT2D eigenvalue weighted by molar-refractivity contribution is -0.385. The van der Waals surface area contributed by atoms with Crippen LogP contribution in [-0.2, 0) is 6.61 Å². The lowest BCUT2D eigenvalue weighted by Gasteiger charge is -2.09.